The van der Waals surface area contributed by atoms with Gasteiger partial charge in [-0.25, -0.2) is 0 Å². The molecule has 0 rings (SSSR count). The smallest absolute Gasteiger partial charge is 0.241 e. The van der Waals surface area contributed by atoms with Crippen molar-refractivity contribution in [2.75, 3.05) is 6.61 Å². The summed E-state index contributed by atoms with van der Waals surface area (Å²) in [5.74, 6) is 1.30. The Bertz CT molecular complexity index is 216. The highest BCUT2D eigenvalue weighted by atomic mass is 32.9. The van der Waals surface area contributed by atoms with Gasteiger partial charge in [0.25, 0.3) is 0 Å². The van der Waals surface area contributed by atoms with E-state index in [1.807, 2.05) is 0 Å². The van der Waals surface area contributed by atoms with Gasteiger partial charge >= 0.3 is 0 Å². The Hall–Kier alpha value is 0.920. The summed E-state index contributed by atoms with van der Waals surface area (Å²) in [6.07, 6.45) is 6.04. The van der Waals surface area contributed by atoms with Gasteiger partial charge in [-0.05, 0) is 30.1 Å². The minimum atomic E-state index is -2.76. The molecule has 5 heteroatoms. The summed E-state index contributed by atoms with van der Waals surface area (Å²) in [6, 6.07) is 0. The lowest BCUT2D eigenvalue weighted by atomic mass is 9.97. The third-order valence-corrected chi connectivity index (χ3v) is 3.85. The van der Waals surface area contributed by atoms with Gasteiger partial charge in [0, 0.05) is 0 Å². The van der Waals surface area contributed by atoms with Crippen LogP contribution in [0.4, 0.5) is 0 Å². The van der Waals surface area contributed by atoms with Gasteiger partial charge in [0.1, 0.15) is 0 Å². The summed E-state index contributed by atoms with van der Waals surface area (Å²) in [4.78, 5) is 9.27. The number of unbranched alkanes of at least 4 members (excludes halogenated alkanes) is 1. The molecule has 0 aliphatic carbocycles. The van der Waals surface area contributed by atoms with Gasteiger partial charge in [-0.15, -0.1) is 0 Å². The first-order valence-corrected chi connectivity index (χ1v) is 9.87. The fraction of sp³-hybridized carbons (Fsp3) is 1.00. The topological polar surface area (TPSA) is 29.5 Å². The van der Waals surface area contributed by atoms with Crippen molar-refractivity contribution in [1.82, 2.24) is 0 Å². The zero-order chi connectivity index (χ0) is 12.6. The van der Waals surface area contributed by atoms with E-state index in [9.17, 15) is 4.89 Å². The Balaban J connectivity index is 3.63. The molecule has 0 aliphatic rings. The van der Waals surface area contributed by atoms with E-state index in [0.29, 0.717) is 12.5 Å². The number of hydrogen-bond donors (Lipinski definition) is 2. The van der Waals surface area contributed by atoms with E-state index in [1.54, 1.807) is 0 Å². The SMILES string of the molecule is CCC(CCCCC(C)C)COP(O)(=S)S. The van der Waals surface area contributed by atoms with Crippen LogP contribution in [0.1, 0.15) is 52.9 Å². The van der Waals surface area contributed by atoms with Crippen LogP contribution in [0.5, 0.6) is 0 Å². The molecule has 0 aromatic carbocycles. The second-order valence-electron chi connectivity index (χ2n) is 4.74. The number of rotatable bonds is 9. The maximum atomic E-state index is 9.27. The molecule has 16 heavy (non-hydrogen) atoms. The highest BCUT2D eigenvalue weighted by Crippen LogP contribution is 2.47. The molecule has 0 saturated carbocycles. The van der Waals surface area contributed by atoms with Crippen LogP contribution >= 0.6 is 17.9 Å². The van der Waals surface area contributed by atoms with Crippen molar-refractivity contribution >= 4 is 29.7 Å². The molecular formula is C11H25O2PS2. The highest BCUT2D eigenvalue weighted by molar-refractivity contribution is 8.59. The highest BCUT2D eigenvalue weighted by Gasteiger charge is 2.12. The molecule has 0 radical (unpaired) electrons. The monoisotopic (exact) mass is 284 g/mol. The molecule has 0 fully saturated rings. The fourth-order valence-corrected chi connectivity index (χ4v) is 2.38. The van der Waals surface area contributed by atoms with Crippen molar-refractivity contribution in [3.05, 3.63) is 0 Å². The van der Waals surface area contributed by atoms with E-state index in [0.717, 1.165) is 18.8 Å². The zero-order valence-electron chi connectivity index (χ0n) is 10.6. The molecule has 2 nitrogen and oxygen atoms in total. The first-order chi connectivity index (χ1) is 7.35. The molecule has 2 atom stereocenters. The predicted octanol–water partition coefficient (Wildman–Crippen LogP) is 4.39. The summed E-state index contributed by atoms with van der Waals surface area (Å²) in [7, 11) is 0. The van der Waals surface area contributed by atoms with E-state index in [4.69, 9.17) is 16.3 Å². The van der Waals surface area contributed by atoms with E-state index >= 15 is 0 Å². The Labute approximate surface area is 110 Å². The second-order valence-corrected chi connectivity index (χ2v) is 9.90. The van der Waals surface area contributed by atoms with Crippen molar-refractivity contribution in [1.29, 1.82) is 0 Å². The van der Waals surface area contributed by atoms with E-state index < -0.39 is 5.69 Å². The second kappa shape index (κ2) is 8.93. The number of hydrogen-bond acceptors (Lipinski definition) is 2. The molecule has 98 valence electrons. The van der Waals surface area contributed by atoms with Gasteiger partial charge in [0.05, 0.1) is 6.61 Å². The van der Waals surface area contributed by atoms with Crippen molar-refractivity contribution in [2.24, 2.45) is 11.8 Å². The van der Waals surface area contributed by atoms with Crippen LogP contribution in [0.25, 0.3) is 0 Å². The Kier molecular flexibility index (Phi) is 9.44. The van der Waals surface area contributed by atoms with Crippen LogP contribution < -0.4 is 0 Å². The van der Waals surface area contributed by atoms with E-state index in [2.05, 4.69) is 33.0 Å². The summed E-state index contributed by atoms with van der Waals surface area (Å²) in [5.41, 5.74) is -2.76. The van der Waals surface area contributed by atoms with Crippen molar-refractivity contribution in [3.8, 4) is 0 Å². The lowest BCUT2D eigenvalue weighted by Crippen LogP contribution is -2.07. The molecule has 2 unspecified atom stereocenters. The van der Waals surface area contributed by atoms with Crippen molar-refractivity contribution < 1.29 is 9.42 Å². The van der Waals surface area contributed by atoms with Crippen LogP contribution in [-0.4, -0.2) is 11.5 Å². The molecule has 0 aliphatic heterocycles. The maximum Gasteiger partial charge on any atom is 0.241 e. The summed E-state index contributed by atoms with van der Waals surface area (Å²) in [5, 5.41) is 0. The van der Waals surface area contributed by atoms with Gasteiger partial charge < -0.3 is 9.42 Å². The molecule has 1 N–H and O–H groups in total. The molecule has 0 saturated heterocycles. The average Bonchev–Trinajstić information content (AvgIpc) is 2.15. The van der Waals surface area contributed by atoms with Gasteiger partial charge in [0.2, 0.25) is 5.69 Å². The minimum Gasteiger partial charge on any atom is -0.338 e. The van der Waals surface area contributed by atoms with Crippen LogP contribution in [0, 0.1) is 11.8 Å². The fourth-order valence-electron chi connectivity index (χ4n) is 1.59. The third-order valence-electron chi connectivity index (χ3n) is 2.70. The van der Waals surface area contributed by atoms with E-state index in [-0.39, 0.29) is 0 Å². The van der Waals surface area contributed by atoms with Crippen LogP contribution in [0.15, 0.2) is 0 Å². The van der Waals surface area contributed by atoms with Crippen molar-refractivity contribution in [3.63, 3.8) is 0 Å². The van der Waals surface area contributed by atoms with Crippen molar-refractivity contribution in [2.45, 2.75) is 52.9 Å². The van der Waals surface area contributed by atoms with Crippen LogP contribution in [0.2, 0.25) is 0 Å². The molecule has 0 amide bonds. The van der Waals surface area contributed by atoms with Gasteiger partial charge in [0.15, 0.2) is 0 Å². The third kappa shape index (κ3) is 11.4. The van der Waals surface area contributed by atoms with Gasteiger partial charge in [-0.1, -0.05) is 58.7 Å². The quantitative estimate of drug-likeness (QED) is 0.374. The maximum absolute atomic E-state index is 9.27. The van der Waals surface area contributed by atoms with E-state index in [1.165, 1.54) is 19.3 Å². The summed E-state index contributed by atoms with van der Waals surface area (Å²) >= 11 is 8.59. The molecule has 0 aromatic rings. The largest absolute Gasteiger partial charge is 0.338 e. The average molecular weight is 284 g/mol. The lowest BCUT2D eigenvalue weighted by molar-refractivity contribution is 0.237. The molecule has 0 heterocycles. The first kappa shape index (κ1) is 16.9. The molecule has 0 spiro atoms. The molecule has 0 aromatic heterocycles. The summed E-state index contributed by atoms with van der Waals surface area (Å²) in [6.45, 7) is 7.21. The van der Waals surface area contributed by atoms with Gasteiger partial charge in [-0.2, -0.15) is 0 Å². The Morgan fingerprint density at radius 2 is 1.88 bits per heavy atom. The predicted molar refractivity (Wildman–Crippen MR) is 78.5 cm³/mol. The van der Waals surface area contributed by atoms with Crippen LogP contribution in [0.3, 0.4) is 0 Å². The Morgan fingerprint density at radius 1 is 1.31 bits per heavy atom. The van der Waals surface area contributed by atoms with Gasteiger partial charge in [-0.3, -0.25) is 0 Å². The zero-order valence-corrected chi connectivity index (χ0v) is 13.2. The number of thiol groups is 1. The Morgan fingerprint density at radius 3 is 2.31 bits per heavy atom. The summed E-state index contributed by atoms with van der Waals surface area (Å²) < 4.78 is 5.21. The normalized spacial score (nSPS) is 17.4. The van der Waals surface area contributed by atoms with Crippen LogP contribution in [-0.2, 0) is 16.3 Å². The molecule has 0 bridgehead atoms. The minimum absolute atomic E-state index is 0.508. The molecular weight excluding hydrogens is 259 g/mol. The standard InChI is InChI=1S/C11H25O2PS2/c1-4-11(9-13-14(12,15)16)8-6-5-7-10(2)3/h10-11H,4-9H2,1-3H3,(H2,12,15,16). The lowest BCUT2D eigenvalue weighted by Gasteiger charge is -2.17. The first-order valence-electron chi connectivity index (χ1n) is 6.05.